The van der Waals surface area contributed by atoms with Crippen LogP contribution in [0.1, 0.15) is 19.4 Å². The lowest BCUT2D eigenvalue weighted by Gasteiger charge is -2.24. The second-order valence-electron chi connectivity index (χ2n) is 9.92. The number of aromatic nitrogens is 2. The minimum atomic E-state index is -3.39. The Morgan fingerprint density at radius 1 is 0.850 bits per heavy atom. The summed E-state index contributed by atoms with van der Waals surface area (Å²) in [5.41, 5.74) is 6.23. The van der Waals surface area contributed by atoms with Crippen LogP contribution in [0.15, 0.2) is 101 Å². The molecule has 0 amide bonds. The van der Waals surface area contributed by atoms with Crippen LogP contribution in [0.25, 0.3) is 44.4 Å². The minimum absolute atomic E-state index is 0.207. The fraction of sp³-hybridized carbons (Fsp3) is 0.161. The Labute approximate surface area is 237 Å². The molecule has 0 bridgehead atoms. The molecule has 7 nitrogen and oxygen atoms in total. The topological polar surface area (TPSA) is 98.4 Å². The highest BCUT2D eigenvalue weighted by molar-refractivity contribution is 7.94. The van der Waals surface area contributed by atoms with E-state index in [1.165, 1.54) is 19.4 Å². The second-order valence-corrected chi connectivity index (χ2v) is 13.3. The van der Waals surface area contributed by atoms with Gasteiger partial charge in [-0.05, 0) is 78.6 Å². The van der Waals surface area contributed by atoms with E-state index in [4.69, 9.17) is 4.33 Å². The van der Waals surface area contributed by atoms with Crippen LogP contribution in [-0.4, -0.2) is 31.8 Å². The Bertz CT molecular complexity index is 1860. The zero-order valence-corrected chi connectivity index (χ0v) is 24.1. The van der Waals surface area contributed by atoms with Crippen LogP contribution in [0.2, 0.25) is 0 Å². The molecule has 2 heterocycles. The lowest BCUT2D eigenvalue weighted by Crippen LogP contribution is -2.28. The smallest absolute Gasteiger partial charge is 0.248 e. The normalized spacial score (nSPS) is 12.1. The Kier molecular flexibility index (Phi) is 7.65. The molecule has 5 aromatic rings. The van der Waals surface area contributed by atoms with Crippen LogP contribution in [0.3, 0.4) is 0 Å². The molecule has 0 unspecified atom stereocenters. The van der Waals surface area contributed by atoms with Gasteiger partial charge in [0.25, 0.3) is 0 Å². The van der Waals surface area contributed by atoms with E-state index in [0.29, 0.717) is 11.3 Å². The van der Waals surface area contributed by atoms with Gasteiger partial charge < -0.3 is 4.98 Å². The number of pyridine rings is 2. The average Bonchev–Trinajstić information content (AvgIpc) is 2.95. The van der Waals surface area contributed by atoms with Crippen molar-refractivity contribution in [1.29, 1.82) is 0 Å². The number of hydrogen-bond donors (Lipinski definition) is 1. The number of H-pyrrole nitrogens is 1. The van der Waals surface area contributed by atoms with Crippen LogP contribution in [0, 0.1) is 0 Å². The zero-order valence-electron chi connectivity index (χ0n) is 22.5. The molecule has 0 spiro atoms. The highest BCUT2D eigenvalue weighted by atomic mass is 32.2. The van der Waals surface area contributed by atoms with Gasteiger partial charge in [-0.25, -0.2) is 13.3 Å². The Morgan fingerprint density at radius 2 is 1.57 bits per heavy atom. The molecule has 1 N–H and O–H groups in total. The number of nitrogens with zero attached hydrogens (tertiary/aromatic N) is 1. The molecule has 0 saturated carbocycles. The van der Waals surface area contributed by atoms with Crippen LogP contribution in [-0.2, 0) is 23.8 Å². The van der Waals surface area contributed by atoms with E-state index < -0.39 is 14.6 Å². The summed E-state index contributed by atoms with van der Waals surface area (Å²) in [6, 6.07) is 26.5. The third-order valence-corrected chi connectivity index (χ3v) is 9.83. The molecule has 0 fully saturated rings. The van der Waals surface area contributed by atoms with Crippen molar-refractivity contribution in [3.63, 3.8) is 0 Å². The first-order valence-electron chi connectivity index (χ1n) is 12.5. The van der Waals surface area contributed by atoms with Gasteiger partial charge >= 0.3 is 0 Å². The molecule has 2 aromatic heterocycles. The number of benzene rings is 3. The summed E-state index contributed by atoms with van der Waals surface area (Å²) in [4.78, 5) is 25.5. The third kappa shape index (κ3) is 5.46. The maximum atomic E-state index is 12.7. The molecule has 0 aliphatic rings. The summed E-state index contributed by atoms with van der Waals surface area (Å²) in [6.45, 7) is 3.44. The fourth-order valence-corrected chi connectivity index (χ4v) is 5.46. The lowest BCUT2D eigenvalue weighted by molar-refractivity contribution is -0.160. The molecule has 0 radical (unpaired) electrons. The van der Waals surface area contributed by atoms with E-state index in [0.717, 1.165) is 55.7 Å². The molecule has 0 atom stereocenters. The standard InChI is InChI=1S/C31H28N2O5S2/c1-31(2,40(4,35)36)24-18-23-9-6-16-32-29(23)27(19-24)22-8-5-7-21(17-22)26-14-15-28(34)33-30(26)20-10-12-25(13-11-20)39-38-37-3/h5-19H,1-4H3,(H,33,34). The number of fused-ring (bicyclic) bond motifs is 1. The first-order chi connectivity index (χ1) is 19.1. The van der Waals surface area contributed by atoms with Crippen molar-refractivity contribution in [3.8, 4) is 33.5 Å². The van der Waals surface area contributed by atoms with Gasteiger partial charge in [-0.1, -0.05) is 36.4 Å². The molecule has 40 heavy (non-hydrogen) atoms. The molecule has 9 heteroatoms. The maximum absolute atomic E-state index is 12.7. The molecule has 0 saturated heterocycles. The van der Waals surface area contributed by atoms with E-state index in [2.05, 4.69) is 14.9 Å². The van der Waals surface area contributed by atoms with Crippen molar-refractivity contribution in [3.05, 3.63) is 107 Å². The van der Waals surface area contributed by atoms with Crippen LogP contribution < -0.4 is 5.56 Å². The Morgan fingerprint density at radius 3 is 2.27 bits per heavy atom. The molecule has 5 rings (SSSR count). The molecular formula is C31H28N2O5S2. The van der Waals surface area contributed by atoms with E-state index in [9.17, 15) is 13.2 Å². The van der Waals surface area contributed by atoms with Crippen molar-refractivity contribution in [2.75, 3.05) is 13.4 Å². The number of sulfone groups is 1. The summed E-state index contributed by atoms with van der Waals surface area (Å²) in [6.07, 6.45) is 2.99. The number of aromatic amines is 1. The van der Waals surface area contributed by atoms with E-state index in [-0.39, 0.29) is 5.56 Å². The monoisotopic (exact) mass is 572 g/mol. The minimum Gasteiger partial charge on any atom is -0.321 e. The van der Waals surface area contributed by atoms with Gasteiger partial charge in [0, 0.05) is 39.9 Å². The maximum Gasteiger partial charge on any atom is 0.248 e. The first-order valence-corrected chi connectivity index (χ1v) is 15.1. The lowest BCUT2D eigenvalue weighted by atomic mass is 9.91. The van der Waals surface area contributed by atoms with Gasteiger partial charge in [-0.2, -0.15) is 4.33 Å². The molecule has 0 aliphatic heterocycles. The summed E-state index contributed by atoms with van der Waals surface area (Å²) in [5, 5.41) is 0.859. The first kappa shape index (κ1) is 27.8. The summed E-state index contributed by atoms with van der Waals surface area (Å²) < 4.78 is 29.2. The van der Waals surface area contributed by atoms with Crippen molar-refractivity contribution in [1.82, 2.24) is 9.97 Å². The van der Waals surface area contributed by atoms with Crippen LogP contribution >= 0.6 is 12.0 Å². The predicted molar refractivity (Wildman–Crippen MR) is 160 cm³/mol. The highest BCUT2D eigenvalue weighted by Gasteiger charge is 2.33. The Hall–Kier alpha value is -3.76. The van der Waals surface area contributed by atoms with Crippen molar-refractivity contribution in [2.45, 2.75) is 23.5 Å². The molecule has 3 aromatic carbocycles. The van der Waals surface area contributed by atoms with Gasteiger partial charge in [0.05, 0.1) is 35.1 Å². The van der Waals surface area contributed by atoms with Gasteiger partial charge in [0.2, 0.25) is 5.56 Å². The predicted octanol–water partition coefficient (Wildman–Crippen LogP) is 6.79. The third-order valence-electron chi connectivity index (χ3n) is 7.07. The van der Waals surface area contributed by atoms with Crippen LogP contribution in [0.5, 0.6) is 0 Å². The van der Waals surface area contributed by atoms with Crippen molar-refractivity contribution in [2.24, 2.45) is 0 Å². The largest absolute Gasteiger partial charge is 0.321 e. The zero-order chi connectivity index (χ0) is 28.5. The number of rotatable bonds is 8. The number of nitrogens with one attached hydrogen (secondary N) is 1. The molecule has 204 valence electrons. The van der Waals surface area contributed by atoms with Crippen molar-refractivity contribution < 1.29 is 17.6 Å². The summed E-state index contributed by atoms with van der Waals surface area (Å²) >= 11 is 1.09. The van der Waals surface area contributed by atoms with Gasteiger partial charge in [-0.15, -0.1) is 0 Å². The average molecular weight is 573 g/mol. The Balaban J connectivity index is 1.65. The number of hydrogen-bond acceptors (Lipinski definition) is 7. The molecule has 0 aliphatic carbocycles. The van der Waals surface area contributed by atoms with E-state index >= 15 is 0 Å². The van der Waals surface area contributed by atoms with Gasteiger partial charge in [0.15, 0.2) is 9.84 Å². The second kappa shape index (κ2) is 11.0. The van der Waals surface area contributed by atoms with Crippen LogP contribution in [0.4, 0.5) is 0 Å². The SMILES string of the molecule is COOSc1ccc(-c2[nH]c(=O)ccc2-c2cccc(-c3cc(C(C)(C)S(C)(=O)=O)cc4cccnc34)c2)cc1. The quantitative estimate of drug-likeness (QED) is 0.124. The highest BCUT2D eigenvalue weighted by Crippen LogP contribution is 2.38. The molecular weight excluding hydrogens is 544 g/mol. The van der Waals surface area contributed by atoms with E-state index in [1.807, 2.05) is 78.9 Å². The van der Waals surface area contributed by atoms with Crippen molar-refractivity contribution >= 4 is 32.8 Å². The van der Waals surface area contributed by atoms with Gasteiger partial charge in [0.1, 0.15) is 0 Å². The fourth-order valence-electron chi connectivity index (χ4n) is 4.52. The van der Waals surface area contributed by atoms with E-state index in [1.54, 1.807) is 20.0 Å². The summed E-state index contributed by atoms with van der Waals surface area (Å²) in [7, 11) is -1.95. The van der Waals surface area contributed by atoms with Gasteiger partial charge in [-0.3, -0.25) is 9.78 Å². The summed E-state index contributed by atoms with van der Waals surface area (Å²) in [5.74, 6) is 0.